The lowest BCUT2D eigenvalue weighted by molar-refractivity contribution is 0.463. The maximum Gasteiger partial charge on any atom is 0.236 e. The lowest BCUT2D eigenvalue weighted by Gasteiger charge is -2.01. The fourth-order valence-corrected chi connectivity index (χ4v) is 1.81. The van der Waals surface area contributed by atoms with Gasteiger partial charge in [-0.15, -0.1) is 0 Å². The number of aromatic hydroxyl groups is 1. The summed E-state index contributed by atoms with van der Waals surface area (Å²) >= 11 is 0. The maximum absolute atomic E-state index is 12.4. The molecule has 0 bridgehead atoms. The van der Waals surface area contributed by atoms with E-state index in [1.54, 1.807) is 0 Å². The molecule has 0 unspecified atom stereocenters. The molecule has 1 aromatic rings. The van der Waals surface area contributed by atoms with Gasteiger partial charge < -0.3 is 5.11 Å². The van der Waals surface area contributed by atoms with Crippen LogP contribution in [-0.4, -0.2) is 13.5 Å². The van der Waals surface area contributed by atoms with Crippen LogP contribution in [0.25, 0.3) is 0 Å². The molecule has 0 heterocycles. The van der Waals surface area contributed by atoms with Gasteiger partial charge in [-0.25, -0.2) is 12.8 Å². The van der Waals surface area contributed by atoms with E-state index in [2.05, 4.69) is 0 Å². The molecule has 13 heavy (non-hydrogen) atoms. The van der Waals surface area contributed by atoms with Crippen molar-refractivity contribution >= 4 is 19.7 Å². The molecule has 0 aliphatic rings. The molecule has 0 radical (unpaired) electrons. The van der Waals surface area contributed by atoms with Gasteiger partial charge in [-0.3, -0.25) is 0 Å². The van der Waals surface area contributed by atoms with Crippen molar-refractivity contribution in [2.24, 2.45) is 0 Å². The van der Waals surface area contributed by atoms with Gasteiger partial charge in [0, 0.05) is 22.3 Å². The molecular formula is C7H6ClFO3S. The molecule has 72 valence electrons. The van der Waals surface area contributed by atoms with Crippen LogP contribution in [0.5, 0.6) is 5.75 Å². The van der Waals surface area contributed by atoms with E-state index in [9.17, 15) is 12.8 Å². The van der Waals surface area contributed by atoms with Gasteiger partial charge in [0.25, 0.3) is 0 Å². The average Bonchev–Trinajstić information content (AvgIpc) is 1.93. The fraction of sp³-hybridized carbons (Fsp3) is 0.143. The van der Waals surface area contributed by atoms with E-state index in [4.69, 9.17) is 15.8 Å². The largest absolute Gasteiger partial charge is 0.508 e. The predicted molar refractivity (Wildman–Crippen MR) is 46.5 cm³/mol. The fourth-order valence-electron chi connectivity index (χ4n) is 0.845. The molecule has 1 aromatic carbocycles. The summed E-state index contributed by atoms with van der Waals surface area (Å²) in [5.41, 5.74) is 0.0800. The van der Waals surface area contributed by atoms with Gasteiger partial charge in [-0.2, -0.15) is 0 Å². The minimum Gasteiger partial charge on any atom is -0.508 e. The molecule has 0 aromatic heterocycles. The van der Waals surface area contributed by atoms with Crippen LogP contribution >= 0.6 is 10.7 Å². The Balaban J connectivity index is 3.04. The number of phenols is 1. The SMILES string of the molecule is O=S(=O)(Cl)Cc1ccc(F)cc1O. The summed E-state index contributed by atoms with van der Waals surface area (Å²) in [5, 5.41) is 9.09. The smallest absolute Gasteiger partial charge is 0.236 e. The van der Waals surface area contributed by atoms with Gasteiger partial charge in [-0.1, -0.05) is 6.07 Å². The zero-order chi connectivity index (χ0) is 10.1. The Morgan fingerprint density at radius 1 is 1.46 bits per heavy atom. The van der Waals surface area contributed by atoms with E-state index in [1.165, 1.54) is 6.07 Å². The van der Waals surface area contributed by atoms with Gasteiger partial charge in [0.05, 0.1) is 5.75 Å². The van der Waals surface area contributed by atoms with Crippen molar-refractivity contribution in [3.8, 4) is 5.75 Å². The molecule has 6 heteroatoms. The third-order valence-corrected chi connectivity index (χ3v) is 2.36. The Bertz CT molecular complexity index is 416. The number of halogens is 2. The molecular weight excluding hydrogens is 219 g/mol. The molecule has 0 aliphatic carbocycles. The highest BCUT2D eigenvalue weighted by atomic mass is 35.7. The lowest BCUT2D eigenvalue weighted by Crippen LogP contribution is -1.95. The Hall–Kier alpha value is -0.810. The second-order valence-electron chi connectivity index (χ2n) is 2.46. The van der Waals surface area contributed by atoms with E-state index in [0.717, 1.165) is 12.1 Å². The molecule has 3 nitrogen and oxygen atoms in total. The van der Waals surface area contributed by atoms with Gasteiger partial charge in [0.15, 0.2) is 0 Å². The monoisotopic (exact) mass is 224 g/mol. The van der Waals surface area contributed by atoms with Crippen LogP contribution in [-0.2, 0) is 14.8 Å². The second kappa shape index (κ2) is 3.51. The van der Waals surface area contributed by atoms with Crippen molar-refractivity contribution < 1.29 is 17.9 Å². The summed E-state index contributed by atoms with van der Waals surface area (Å²) in [6.07, 6.45) is 0. The van der Waals surface area contributed by atoms with E-state index >= 15 is 0 Å². The standard InChI is InChI=1S/C7H6ClFO3S/c8-13(11,12)4-5-1-2-6(9)3-7(5)10/h1-3,10H,4H2. The van der Waals surface area contributed by atoms with Gasteiger partial charge in [-0.05, 0) is 6.07 Å². The van der Waals surface area contributed by atoms with Crippen LogP contribution in [0.4, 0.5) is 4.39 Å². The molecule has 0 spiro atoms. The second-order valence-corrected chi connectivity index (χ2v) is 5.23. The highest BCUT2D eigenvalue weighted by Crippen LogP contribution is 2.21. The number of rotatable bonds is 2. The van der Waals surface area contributed by atoms with E-state index in [0.29, 0.717) is 0 Å². The Kier molecular flexibility index (Phi) is 2.77. The highest BCUT2D eigenvalue weighted by Gasteiger charge is 2.11. The minimum absolute atomic E-state index is 0.0800. The minimum atomic E-state index is -3.72. The number of hydrogen-bond acceptors (Lipinski definition) is 3. The van der Waals surface area contributed by atoms with Crippen molar-refractivity contribution in [2.75, 3.05) is 0 Å². The van der Waals surface area contributed by atoms with Gasteiger partial charge in [0.1, 0.15) is 11.6 Å². The first-order valence-corrected chi connectivity index (χ1v) is 5.76. The van der Waals surface area contributed by atoms with Crippen LogP contribution < -0.4 is 0 Å². The zero-order valence-corrected chi connectivity index (χ0v) is 7.94. The van der Waals surface area contributed by atoms with Gasteiger partial charge >= 0.3 is 0 Å². The summed E-state index contributed by atoms with van der Waals surface area (Å²) < 4.78 is 33.6. The van der Waals surface area contributed by atoms with Crippen molar-refractivity contribution in [1.82, 2.24) is 0 Å². The van der Waals surface area contributed by atoms with Crippen LogP contribution in [0.3, 0.4) is 0 Å². The molecule has 0 saturated carbocycles. The van der Waals surface area contributed by atoms with Crippen LogP contribution in [0.2, 0.25) is 0 Å². The summed E-state index contributed by atoms with van der Waals surface area (Å²) in [5.74, 6) is -1.56. The van der Waals surface area contributed by atoms with Crippen LogP contribution in [0, 0.1) is 5.82 Å². The summed E-state index contributed by atoms with van der Waals surface area (Å²) in [7, 11) is 1.22. The lowest BCUT2D eigenvalue weighted by atomic mass is 10.2. The molecule has 1 N–H and O–H groups in total. The van der Waals surface area contributed by atoms with Crippen LogP contribution in [0.15, 0.2) is 18.2 Å². The molecule has 0 fully saturated rings. The molecule has 1 rings (SSSR count). The zero-order valence-electron chi connectivity index (χ0n) is 6.37. The third kappa shape index (κ3) is 3.20. The number of phenolic OH excluding ortho intramolecular Hbond substituents is 1. The number of hydrogen-bond donors (Lipinski definition) is 1. The Morgan fingerprint density at radius 2 is 2.08 bits per heavy atom. The molecule has 0 amide bonds. The quantitative estimate of drug-likeness (QED) is 0.777. The first-order chi connectivity index (χ1) is 5.88. The topological polar surface area (TPSA) is 54.4 Å². The van der Waals surface area contributed by atoms with Gasteiger partial charge in [0.2, 0.25) is 9.05 Å². The van der Waals surface area contributed by atoms with Crippen molar-refractivity contribution in [3.05, 3.63) is 29.6 Å². The highest BCUT2D eigenvalue weighted by molar-refractivity contribution is 8.13. The third-order valence-electron chi connectivity index (χ3n) is 1.38. The molecule has 0 saturated heterocycles. The number of benzene rings is 1. The maximum atomic E-state index is 12.4. The Morgan fingerprint density at radius 3 is 2.54 bits per heavy atom. The van der Waals surface area contributed by atoms with Crippen LogP contribution in [0.1, 0.15) is 5.56 Å². The van der Waals surface area contributed by atoms with E-state index < -0.39 is 26.4 Å². The predicted octanol–water partition coefficient (Wildman–Crippen LogP) is 1.60. The Labute approximate surface area is 79.2 Å². The van der Waals surface area contributed by atoms with Crippen molar-refractivity contribution in [3.63, 3.8) is 0 Å². The van der Waals surface area contributed by atoms with E-state index in [-0.39, 0.29) is 5.56 Å². The normalized spacial score (nSPS) is 11.5. The summed E-state index contributed by atoms with van der Waals surface area (Å²) in [6.45, 7) is 0. The first kappa shape index (κ1) is 10.3. The van der Waals surface area contributed by atoms with Crippen molar-refractivity contribution in [2.45, 2.75) is 5.75 Å². The molecule has 0 aliphatic heterocycles. The van der Waals surface area contributed by atoms with E-state index in [1.807, 2.05) is 0 Å². The summed E-state index contributed by atoms with van der Waals surface area (Å²) in [4.78, 5) is 0. The molecule has 0 atom stereocenters. The first-order valence-electron chi connectivity index (χ1n) is 3.28. The van der Waals surface area contributed by atoms with Crippen molar-refractivity contribution in [1.29, 1.82) is 0 Å². The average molecular weight is 225 g/mol. The summed E-state index contributed by atoms with van der Waals surface area (Å²) in [6, 6.07) is 3.05.